The summed E-state index contributed by atoms with van der Waals surface area (Å²) < 4.78 is 36.9. The number of hydrogen-bond acceptors (Lipinski definition) is 11. The summed E-state index contributed by atoms with van der Waals surface area (Å²) >= 11 is 7.66. The van der Waals surface area contributed by atoms with Gasteiger partial charge in [0, 0.05) is 22.7 Å². The largest absolute Gasteiger partial charge is 0.484 e. The summed E-state index contributed by atoms with van der Waals surface area (Å²) in [4.78, 5) is 33.5. The van der Waals surface area contributed by atoms with E-state index in [9.17, 15) is 4.79 Å². The van der Waals surface area contributed by atoms with Gasteiger partial charge in [0.25, 0.3) is 0 Å². The molecular weight excluding hydrogens is 563 g/mol. The lowest BCUT2D eigenvalue weighted by Crippen LogP contribution is -2.32. The summed E-state index contributed by atoms with van der Waals surface area (Å²) in [5.41, 5.74) is 2.55. The summed E-state index contributed by atoms with van der Waals surface area (Å²) in [6, 6.07) is 6.44. The molecule has 5 aromatic rings. The van der Waals surface area contributed by atoms with E-state index in [0.29, 0.717) is 48.4 Å². The van der Waals surface area contributed by atoms with Crippen LogP contribution in [0.4, 0.5) is 14.9 Å². The number of carbonyl (C=O) groups excluding carboxylic acids is 1. The van der Waals surface area contributed by atoms with Crippen LogP contribution in [0, 0.1) is 5.82 Å². The van der Waals surface area contributed by atoms with Gasteiger partial charge in [-0.05, 0) is 26.0 Å². The van der Waals surface area contributed by atoms with Crippen LogP contribution < -0.4 is 19.5 Å². The molecule has 0 fully saturated rings. The van der Waals surface area contributed by atoms with Gasteiger partial charge in [-0.3, -0.25) is 5.32 Å². The number of halogens is 2. The van der Waals surface area contributed by atoms with Gasteiger partial charge in [0.05, 0.1) is 59.7 Å². The van der Waals surface area contributed by atoms with Crippen molar-refractivity contribution in [3.05, 3.63) is 53.7 Å². The summed E-state index contributed by atoms with van der Waals surface area (Å²) in [5, 5.41) is 3.55. The standard InChI is InChI=1S/C26H22ClFN6O5S/c1-12(13(2)39-26(35)32-15-9-30-25(37-4)31-10-15)38-20-8-21-18(7-17(20)28)34-24(40-21)16-5-14(27)6-19-23(16)29-11-22(33-19)36-3/h5-13H,1-4H3,(H,32,35)/t12-,13+/m0/s1. The van der Waals surface area contributed by atoms with E-state index in [1.165, 1.54) is 50.2 Å². The van der Waals surface area contributed by atoms with Gasteiger partial charge in [-0.1, -0.05) is 11.6 Å². The van der Waals surface area contributed by atoms with Crippen molar-refractivity contribution in [3.8, 4) is 28.2 Å². The van der Waals surface area contributed by atoms with Gasteiger partial charge in [0.15, 0.2) is 11.6 Å². The zero-order valence-corrected chi connectivity index (χ0v) is 23.2. The number of carbonyl (C=O) groups is 1. The van der Waals surface area contributed by atoms with Crippen molar-refractivity contribution in [1.29, 1.82) is 0 Å². The van der Waals surface area contributed by atoms with Crippen molar-refractivity contribution in [1.82, 2.24) is 24.9 Å². The molecule has 0 bridgehead atoms. The fraction of sp³-hybridized carbons (Fsp3) is 0.231. The third-order valence-corrected chi connectivity index (χ3v) is 7.06. The quantitative estimate of drug-likeness (QED) is 0.235. The zero-order valence-electron chi connectivity index (χ0n) is 21.6. The van der Waals surface area contributed by atoms with Crippen LogP contribution in [0.5, 0.6) is 17.6 Å². The highest BCUT2D eigenvalue weighted by Gasteiger charge is 2.22. The van der Waals surface area contributed by atoms with Crippen LogP contribution in [-0.2, 0) is 4.74 Å². The van der Waals surface area contributed by atoms with Crippen molar-refractivity contribution in [2.45, 2.75) is 26.1 Å². The molecule has 206 valence electrons. The minimum absolute atomic E-state index is 0.00454. The SMILES string of the molecule is COc1cnc2c(-c3nc4cc(F)c(O[C@@H](C)[C@@H](C)OC(=O)Nc5cnc(OC)nc5)cc4s3)cc(Cl)cc2n1. The van der Waals surface area contributed by atoms with E-state index in [1.54, 1.807) is 32.0 Å². The van der Waals surface area contributed by atoms with E-state index in [4.69, 9.17) is 30.5 Å². The Morgan fingerprint density at radius 2 is 1.75 bits per heavy atom. The molecule has 0 saturated carbocycles. The molecule has 1 amide bonds. The van der Waals surface area contributed by atoms with E-state index >= 15 is 4.39 Å². The number of methoxy groups -OCH3 is 2. The number of nitrogens with zero attached hydrogens (tertiary/aromatic N) is 5. The minimum atomic E-state index is -0.741. The maximum atomic E-state index is 15.0. The summed E-state index contributed by atoms with van der Waals surface area (Å²) in [5.74, 6) is -0.257. The number of nitrogens with one attached hydrogen (secondary N) is 1. The molecule has 0 aliphatic rings. The lowest BCUT2D eigenvalue weighted by molar-refractivity contribution is 0.0402. The lowest BCUT2D eigenvalue weighted by atomic mass is 10.2. The van der Waals surface area contributed by atoms with Crippen LogP contribution in [0.2, 0.25) is 5.02 Å². The third-order valence-electron chi connectivity index (χ3n) is 5.79. The topological polar surface area (TPSA) is 130 Å². The second-order valence-corrected chi connectivity index (χ2v) is 9.99. The second kappa shape index (κ2) is 11.4. The fourth-order valence-electron chi connectivity index (χ4n) is 3.66. The van der Waals surface area contributed by atoms with E-state index in [1.807, 2.05) is 0 Å². The smallest absolute Gasteiger partial charge is 0.412 e. The van der Waals surface area contributed by atoms with Crippen molar-refractivity contribution in [2.75, 3.05) is 19.5 Å². The van der Waals surface area contributed by atoms with Crippen LogP contribution in [0.3, 0.4) is 0 Å². The molecule has 3 aromatic heterocycles. The third kappa shape index (κ3) is 5.80. The van der Waals surface area contributed by atoms with Crippen LogP contribution in [0.25, 0.3) is 31.8 Å². The second-order valence-electron chi connectivity index (χ2n) is 8.52. The van der Waals surface area contributed by atoms with Crippen LogP contribution in [0.1, 0.15) is 13.8 Å². The van der Waals surface area contributed by atoms with Crippen LogP contribution >= 0.6 is 22.9 Å². The molecule has 0 aliphatic carbocycles. The van der Waals surface area contributed by atoms with Gasteiger partial charge in [-0.15, -0.1) is 11.3 Å². The molecule has 1 N–H and O–H groups in total. The number of thiazole rings is 1. The average Bonchev–Trinajstić information content (AvgIpc) is 3.35. The molecule has 0 spiro atoms. The maximum absolute atomic E-state index is 15.0. The summed E-state index contributed by atoms with van der Waals surface area (Å²) in [7, 11) is 2.94. The number of benzene rings is 2. The van der Waals surface area contributed by atoms with Gasteiger partial charge >= 0.3 is 12.1 Å². The first-order chi connectivity index (χ1) is 19.2. The van der Waals surface area contributed by atoms with Crippen molar-refractivity contribution in [3.63, 3.8) is 0 Å². The molecule has 11 nitrogen and oxygen atoms in total. The van der Waals surface area contributed by atoms with Gasteiger partial charge in [-0.25, -0.2) is 34.1 Å². The molecule has 2 aromatic carbocycles. The maximum Gasteiger partial charge on any atom is 0.412 e. The Labute approximate surface area is 236 Å². The van der Waals surface area contributed by atoms with Crippen molar-refractivity contribution in [2.24, 2.45) is 0 Å². The molecular formula is C26H22ClFN6O5S. The van der Waals surface area contributed by atoms with E-state index in [0.717, 1.165) is 0 Å². The van der Waals surface area contributed by atoms with Gasteiger partial charge in [0.1, 0.15) is 17.2 Å². The number of rotatable bonds is 8. The molecule has 2 atom stereocenters. The monoisotopic (exact) mass is 584 g/mol. The number of anilines is 1. The Morgan fingerprint density at radius 3 is 2.48 bits per heavy atom. The number of ether oxygens (including phenoxy) is 4. The normalized spacial score (nSPS) is 12.7. The highest BCUT2D eigenvalue weighted by Crippen LogP contribution is 2.38. The average molecular weight is 585 g/mol. The first-order valence-electron chi connectivity index (χ1n) is 11.8. The fourth-order valence-corrected chi connectivity index (χ4v) is 4.87. The van der Waals surface area contributed by atoms with E-state index < -0.39 is 24.1 Å². The minimum Gasteiger partial charge on any atom is -0.484 e. The molecule has 14 heteroatoms. The molecule has 40 heavy (non-hydrogen) atoms. The number of aromatic nitrogens is 5. The Balaban J connectivity index is 1.32. The number of hydrogen-bond donors (Lipinski definition) is 1. The van der Waals surface area contributed by atoms with E-state index in [-0.39, 0.29) is 11.8 Å². The molecule has 5 rings (SSSR count). The molecule has 3 heterocycles. The van der Waals surface area contributed by atoms with Gasteiger partial charge in [-0.2, -0.15) is 0 Å². The zero-order chi connectivity index (χ0) is 28.4. The van der Waals surface area contributed by atoms with Gasteiger partial charge in [0.2, 0.25) is 5.88 Å². The molecule has 0 saturated heterocycles. The highest BCUT2D eigenvalue weighted by atomic mass is 35.5. The number of amides is 1. The Morgan fingerprint density at radius 1 is 0.975 bits per heavy atom. The Kier molecular flexibility index (Phi) is 7.76. The van der Waals surface area contributed by atoms with Crippen molar-refractivity contribution < 1.29 is 28.1 Å². The first-order valence-corrected chi connectivity index (χ1v) is 13.0. The predicted molar refractivity (Wildman–Crippen MR) is 148 cm³/mol. The Bertz CT molecular complexity index is 1700. The highest BCUT2D eigenvalue weighted by molar-refractivity contribution is 7.21. The predicted octanol–water partition coefficient (Wildman–Crippen LogP) is 5.91. The van der Waals surface area contributed by atoms with Crippen LogP contribution in [-0.4, -0.2) is 57.4 Å². The lowest BCUT2D eigenvalue weighted by Gasteiger charge is -2.22. The first kappa shape index (κ1) is 27.2. The van der Waals surface area contributed by atoms with Gasteiger partial charge < -0.3 is 18.9 Å². The van der Waals surface area contributed by atoms with E-state index in [2.05, 4.69) is 30.2 Å². The summed E-state index contributed by atoms with van der Waals surface area (Å²) in [6.45, 7) is 3.30. The van der Waals surface area contributed by atoms with Crippen molar-refractivity contribution >= 4 is 56.0 Å². The molecule has 0 radical (unpaired) electrons. The molecule has 0 aliphatic heterocycles. The summed E-state index contributed by atoms with van der Waals surface area (Å²) in [6.07, 6.45) is 2.12. The number of fused-ring (bicyclic) bond motifs is 2. The van der Waals surface area contributed by atoms with Crippen LogP contribution in [0.15, 0.2) is 42.9 Å². The molecule has 0 unspecified atom stereocenters. The Hall–Kier alpha value is -4.36.